The maximum atomic E-state index is 5.22. The Morgan fingerprint density at radius 3 is 2.58 bits per heavy atom. The van der Waals surface area contributed by atoms with Crippen LogP contribution in [0.15, 0.2) is 12.3 Å². The number of pyridine rings is 1. The molecule has 1 aromatic rings. The van der Waals surface area contributed by atoms with E-state index < -0.39 is 0 Å². The first-order chi connectivity index (χ1) is 5.65. The monoisotopic (exact) mass is 165 g/mol. The Morgan fingerprint density at radius 1 is 1.42 bits per heavy atom. The molecule has 12 heavy (non-hydrogen) atoms. The average Bonchev–Trinajstić information content (AvgIpc) is 2.03. The zero-order valence-electron chi connectivity index (χ0n) is 8.09. The van der Waals surface area contributed by atoms with E-state index in [2.05, 4.69) is 18.8 Å². The molecule has 1 aromatic heterocycles. The van der Waals surface area contributed by atoms with Crippen molar-refractivity contribution < 1.29 is 4.74 Å². The number of aromatic nitrogens is 1. The van der Waals surface area contributed by atoms with Crippen LogP contribution in [0.5, 0.6) is 5.75 Å². The van der Waals surface area contributed by atoms with E-state index in [1.165, 1.54) is 0 Å². The van der Waals surface area contributed by atoms with Crippen molar-refractivity contribution >= 4 is 0 Å². The van der Waals surface area contributed by atoms with Crippen molar-refractivity contribution in [3.05, 3.63) is 23.5 Å². The van der Waals surface area contributed by atoms with E-state index in [1.54, 1.807) is 7.11 Å². The third kappa shape index (κ3) is 1.76. The third-order valence-electron chi connectivity index (χ3n) is 1.79. The summed E-state index contributed by atoms with van der Waals surface area (Å²) in [5.41, 5.74) is 2.17. The van der Waals surface area contributed by atoms with E-state index in [0.29, 0.717) is 5.92 Å². The van der Waals surface area contributed by atoms with Crippen LogP contribution in [-0.4, -0.2) is 12.1 Å². The molecule has 0 aliphatic rings. The van der Waals surface area contributed by atoms with Gasteiger partial charge in [-0.2, -0.15) is 0 Å². The number of ether oxygens (including phenoxy) is 1. The lowest BCUT2D eigenvalue weighted by molar-refractivity contribution is 0.404. The number of nitrogens with zero attached hydrogens (tertiary/aromatic N) is 1. The van der Waals surface area contributed by atoms with Gasteiger partial charge in [0.05, 0.1) is 12.8 Å². The molecule has 0 saturated heterocycles. The summed E-state index contributed by atoms with van der Waals surface area (Å²) in [5.74, 6) is 1.31. The molecule has 0 radical (unpaired) electrons. The number of aryl methyl sites for hydroxylation is 1. The van der Waals surface area contributed by atoms with Crippen LogP contribution in [0.2, 0.25) is 0 Å². The summed E-state index contributed by atoms with van der Waals surface area (Å²) in [7, 11) is 1.68. The molecule has 0 fully saturated rings. The molecule has 0 aliphatic heterocycles. The fourth-order valence-electron chi connectivity index (χ4n) is 1.15. The minimum absolute atomic E-state index is 0.417. The fourth-order valence-corrected chi connectivity index (χ4v) is 1.15. The first-order valence-electron chi connectivity index (χ1n) is 4.15. The van der Waals surface area contributed by atoms with Gasteiger partial charge >= 0.3 is 0 Å². The highest BCUT2D eigenvalue weighted by atomic mass is 16.5. The molecular formula is C10H15NO. The summed E-state index contributed by atoms with van der Waals surface area (Å²) in [6, 6.07) is 2.02. The van der Waals surface area contributed by atoms with Gasteiger partial charge in [0.25, 0.3) is 0 Å². The molecule has 0 unspecified atom stereocenters. The first-order valence-corrected chi connectivity index (χ1v) is 4.15. The molecule has 0 aromatic carbocycles. The van der Waals surface area contributed by atoms with Crippen LogP contribution in [-0.2, 0) is 0 Å². The van der Waals surface area contributed by atoms with Crippen LogP contribution in [0, 0.1) is 6.92 Å². The molecule has 0 N–H and O–H groups in total. The highest BCUT2D eigenvalue weighted by Gasteiger charge is 2.07. The minimum atomic E-state index is 0.417. The Kier molecular flexibility index (Phi) is 2.69. The highest BCUT2D eigenvalue weighted by Crippen LogP contribution is 2.24. The second kappa shape index (κ2) is 3.57. The summed E-state index contributed by atoms with van der Waals surface area (Å²) in [6.45, 7) is 6.24. The molecule has 1 heterocycles. The molecule has 0 bridgehead atoms. The van der Waals surface area contributed by atoms with Crippen molar-refractivity contribution in [3.63, 3.8) is 0 Å². The molecule has 0 atom stereocenters. The quantitative estimate of drug-likeness (QED) is 0.671. The van der Waals surface area contributed by atoms with E-state index in [0.717, 1.165) is 17.0 Å². The van der Waals surface area contributed by atoms with Crippen LogP contribution in [0.3, 0.4) is 0 Å². The Bertz CT molecular complexity index is 269. The smallest absolute Gasteiger partial charge is 0.140 e. The van der Waals surface area contributed by atoms with Gasteiger partial charge in [0.2, 0.25) is 0 Å². The van der Waals surface area contributed by atoms with Crippen molar-refractivity contribution in [2.45, 2.75) is 26.7 Å². The highest BCUT2D eigenvalue weighted by molar-refractivity contribution is 5.32. The van der Waals surface area contributed by atoms with Crippen molar-refractivity contribution in [2.24, 2.45) is 0 Å². The average molecular weight is 165 g/mol. The van der Waals surface area contributed by atoms with Gasteiger partial charge in [-0.15, -0.1) is 0 Å². The largest absolute Gasteiger partial charge is 0.495 e. The summed E-state index contributed by atoms with van der Waals surface area (Å²) in [4.78, 5) is 4.32. The van der Waals surface area contributed by atoms with Gasteiger partial charge in [-0.1, -0.05) is 13.8 Å². The summed E-state index contributed by atoms with van der Waals surface area (Å²) < 4.78 is 5.22. The number of rotatable bonds is 2. The summed E-state index contributed by atoms with van der Waals surface area (Å²) >= 11 is 0. The Hall–Kier alpha value is -1.05. The van der Waals surface area contributed by atoms with Gasteiger partial charge in [-0.3, -0.25) is 4.98 Å². The molecule has 0 amide bonds. The number of methoxy groups -OCH3 is 1. The van der Waals surface area contributed by atoms with Crippen LogP contribution < -0.4 is 4.74 Å². The topological polar surface area (TPSA) is 22.1 Å². The second-order valence-electron chi connectivity index (χ2n) is 3.25. The molecule has 0 aliphatic carbocycles. The zero-order chi connectivity index (χ0) is 9.14. The molecule has 1 rings (SSSR count). The van der Waals surface area contributed by atoms with Gasteiger partial charge in [0.15, 0.2) is 0 Å². The second-order valence-corrected chi connectivity index (χ2v) is 3.25. The van der Waals surface area contributed by atoms with Gasteiger partial charge in [0, 0.05) is 6.20 Å². The standard InChI is InChI=1S/C10H15NO/c1-7(2)10-9(12-4)5-8(3)6-11-10/h5-7H,1-4H3. The zero-order valence-corrected chi connectivity index (χ0v) is 8.09. The molecule has 0 spiro atoms. The predicted octanol–water partition coefficient (Wildman–Crippen LogP) is 2.52. The van der Waals surface area contributed by atoms with E-state index in [9.17, 15) is 0 Å². The maximum Gasteiger partial charge on any atom is 0.140 e. The summed E-state index contributed by atoms with van der Waals surface area (Å²) in [5, 5.41) is 0. The van der Waals surface area contributed by atoms with Gasteiger partial charge in [-0.25, -0.2) is 0 Å². The molecule has 2 nitrogen and oxygen atoms in total. The van der Waals surface area contributed by atoms with Gasteiger partial charge in [0.1, 0.15) is 5.75 Å². The fraction of sp³-hybridized carbons (Fsp3) is 0.500. The number of hydrogen-bond acceptors (Lipinski definition) is 2. The van der Waals surface area contributed by atoms with E-state index in [-0.39, 0.29) is 0 Å². The van der Waals surface area contributed by atoms with E-state index in [4.69, 9.17) is 4.74 Å². The normalized spacial score (nSPS) is 10.4. The Balaban J connectivity index is 3.11. The Labute approximate surface area is 73.6 Å². The van der Waals surface area contributed by atoms with Crippen molar-refractivity contribution in [1.29, 1.82) is 0 Å². The lowest BCUT2D eigenvalue weighted by Gasteiger charge is -2.10. The van der Waals surface area contributed by atoms with Gasteiger partial charge in [-0.05, 0) is 24.5 Å². The lowest BCUT2D eigenvalue weighted by Crippen LogP contribution is -1.97. The van der Waals surface area contributed by atoms with Crippen LogP contribution in [0.25, 0.3) is 0 Å². The first kappa shape index (κ1) is 9.04. The maximum absolute atomic E-state index is 5.22. The van der Waals surface area contributed by atoms with E-state index >= 15 is 0 Å². The van der Waals surface area contributed by atoms with Crippen molar-refractivity contribution in [2.75, 3.05) is 7.11 Å². The predicted molar refractivity (Wildman–Crippen MR) is 49.6 cm³/mol. The SMILES string of the molecule is COc1cc(C)cnc1C(C)C. The molecule has 0 saturated carbocycles. The Morgan fingerprint density at radius 2 is 2.08 bits per heavy atom. The van der Waals surface area contributed by atoms with Gasteiger partial charge < -0.3 is 4.74 Å². The third-order valence-corrected chi connectivity index (χ3v) is 1.79. The van der Waals surface area contributed by atoms with Crippen molar-refractivity contribution in [3.8, 4) is 5.75 Å². The molecule has 66 valence electrons. The minimum Gasteiger partial charge on any atom is -0.495 e. The van der Waals surface area contributed by atoms with Crippen molar-refractivity contribution in [1.82, 2.24) is 4.98 Å². The molecule has 2 heteroatoms. The van der Waals surface area contributed by atoms with Crippen LogP contribution in [0.4, 0.5) is 0 Å². The summed E-state index contributed by atoms with van der Waals surface area (Å²) in [6.07, 6.45) is 1.87. The van der Waals surface area contributed by atoms with Crippen LogP contribution >= 0.6 is 0 Å². The van der Waals surface area contributed by atoms with Crippen LogP contribution in [0.1, 0.15) is 31.0 Å². The lowest BCUT2D eigenvalue weighted by atomic mass is 10.1. The molecular weight excluding hydrogens is 150 g/mol. The number of hydrogen-bond donors (Lipinski definition) is 0. The van der Waals surface area contributed by atoms with E-state index in [1.807, 2.05) is 19.2 Å².